The number of hydrogen-bond donors (Lipinski definition) is 0. The molecule has 0 aromatic rings. The maximum absolute atomic E-state index is 4.21. The highest BCUT2D eigenvalue weighted by molar-refractivity contribution is 6.05. The van der Waals surface area contributed by atoms with Crippen molar-refractivity contribution in [1.29, 1.82) is 0 Å². The van der Waals surface area contributed by atoms with Gasteiger partial charge in [0.2, 0.25) is 0 Å². The molecule has 1 rings (SSSR count). The van der Waals surface area contributed by atoms with Gasteiger partial charge in [-0.3, -0.25) is 4.99 Å². The van der Waals surface area contributed by atoms with Crippen molar-refractivity contribution < 1.29 is 0 Å². The Morgan fingerprint density at radius 3 is 2.11 bits per heavy atom. The van der Waals surface area contributed by atoms with Crippen LogP contribution in [0.25, 0.3) is 0 Å². The second-order valence-corrected chi connectivity index (χ2v) is 2.83. The number of hydrogen-bond acceptors (Lipinski definition) is 1. The van der Waals surface area contributed by atoms with E-state index in [-0.39, 0.29) is 0 Å². The van der Waals surface area contributed by atoms with Gasteiger partial charge in [0, 0.05) is 18.2 Å². The molecule has 0 saturated heterocycles. The molecule has 1 nitrogen and oxygen atoms in total. The van der Waals surface area contributed by atoms with Crippen LogP contribution in [-0.2, 0) is 0 Å². The van der Waals surface area contributed by atoms with E-state index in [1.165, 1.54) is 25.0 Å². The van der Waals surface area contributed by atoms with Crippen LogP contribution in [0.5, 0.6) is 0 Å². The van der Waals surface area contributed by atoms with Crippen molar-refractivity contribution in [1.82, 2.24) is 0 Å². The Bertz CT molecular complexity index is 132. The van der Waals surface area contributed by atoms with Crippen molar-refractivity contribution in [3.05, 3.63) is 0 Å². The van der Waals surface area contributed by atoms with Gasteiger partial charge in [0.1, 0.15) is 0 Å². The minimum Gasteiger partial charge on any atom is -0.297 e. The van der Waals surface area contributed by atoms with Crippen LogP contribution < -0.4 is 0 Å². The highest BCUT2D eigenvalue weighted by Crippen LogP contribution is 2.48. The third-order valence-corrected chi connectivity index (χ3v) is 2.62. The van der Waals surface area contributed by atoms with Crippen molar-refractivity contribution in [2.45, 2.75) is 33.1 Å². The molecule has 1 aliphatic rings. The van der Waals surface area contributed by atoms with Gasteiger partial charge in [-0.2, -0.15) is 0 Å². The minimum absolute atomic E-state index is 0.550. The Labute approximate surface area is 57.2 Å². The number of rotatable bonds is 2. The summed E-state index contributed by atoms with van der Waals surface area (Å²) in [5.41, 5.74) is 1.99. The molecule has 0 N–H and O–H groups in total. The zero-order chi connectivity index (χ0) is 6.91. The molecule has 0 aliphatic heterocycles. The minimum atomic E-state index is 0.550. The lowest BCUT2D eigenvalue weighted by atomic mass is 10.0. The lowest BCUT2D eigenvalue weighted by Gasteiger charge is -2.04. The number of aliphatic imine (C=N–C) groups is 1. The van der Waals surface area contributed by atoms with Gasteiger partial charge in [0.15, 0.2) is 0 Å². The number of nitrogens with zero attached hydrogens (tertiary/aromatic N) is 1. The highest BCUT2D eigenvalue weighted by atomic mass is 14.8. The Kier molecular flexibility index (Phi) is 1.60. The molecule has 1 fully saturated rings. The SMILES string of the molecule is CCC1(CC)CC1=NC. The molecule has 0 radical (unpaired) electrons. The summed E-state index contributed by atoms with van der Waals surface area (Å²) in [6, 6.07) is 0. The van der Waals surface area contributed by atoms with Gasteiger partial charge in [-0.1, -0.05) is 13.8 Å². The van der Waals surface area contributed by atoms with Crippen molar-refractivity contribution in [2.75, 3.05) is 7.05 Å². The smallest absolute Gasteiger partial charge is 0.0276 e. The normalized spacial score (nSPS) is 26.8. The summed E-state index contributed by atoms with van der Waals surface area (Å²) in [4.78, 5) is 4.21. The largest absolute Gasteiger partial charge is 0.297 e. The molecule has 0 bridgehead atoms. The van der Waals surface area contributed by atoms with Gasteiger partial charge in [-0.15, -0.1) is 0 Å². The van der Waals surface area contributed by atoms with E-state index in [0.29, 0.717) is 5.41 Å². The first kappa shape index (κ1) is 6.79. The molecular formula is C8H15N. The first-order valence-electron chi connectivity index (χ1n) is 3.75. The molecule has 1 aliphatic carbocycles. The van der Waals surface area contributed by atoms with Gasteiger partial charge < -0.3 is 0 Å². The van der Waals surface area contributed by atoms with Crippen LogP contribution in [0.3, 0.4) is 0 Å². The summed E-state index contributed by atoms with van der Waals surface area (Å²) >= 11 is 0. The molecule has 52 valence electrons. The Hall–Kier alpha value is -0.330. The van der Waals surface area contributed by atoms with E-state index < -0.39 is 0 Å². The average molecular weight is 125 g/mol. The van der Waals surface area contributed by atoms with Crippen molar-refractivity contribution in [2.24, 2.45) is 10.4 Å². The molecule has 0 aromatic heterocycles. The Morgan fingerprint density at radius 2 is 2.00 bits per heavy atom. The Morgan fingerprint density at radius 1 is 1.44 bits per heavy atom. The third kappa shape index (κ3) is 0.887. The van der Waals surface area contributed by atoms with E-state index in [1.54, 1.807) is 0 Å². The van der Waals surface area contributed by atoms with Gasteiger partial charge >= 0.3 is 0 Å². The van der Waals surface area contributed by atoms with E-state index in [0.717, 1.165) is 0 Å². The fourth-order valence-electron chi connectivity index (χ4n) is 1.50. The van der Waals surface area contributed by atoms with Crippen molar-refractivity contribution in [3.63, 3.8) is 0 Å². The van der Waals surface area contributed by atoms with E-state index in [2.05, 4.69) is 18.8 Å². The maximum Gasteiger partial charge on any atom is 0.0276 e. The molecule has 0 amide bonds. The van der Waals surface area contributed by atoms with Crippen molar-refractivity contribution in [3.8, 4) is 0 Å². The topological polar surface area (TPSA) is 12.4 Å². The third-order valence-electron chi connectivity index (χ3n) is 2.62. The van der Waals surface area contributed by atoms with Crippen LogP contribution >= 0.6 is 0 Å². The standard InChI is InChI=1S/C8H15N/c1-4-8(5-2)6-7(8)9-3/h4-6H2,1-3H3. The second-order valence-electron chi connectivity index (χ2n) is 2.83. The fourth-order valence-corrected chi connectivity index (χ4v) is 1.50. The first-order valence-corrected chi connectivity index (χ1v) is 3.75. The predicted molar refractivity (Wildman–Crippen MR) is 41.0 cm³/mol. The van der Waals surface area contributed by atoms with Gasteiger partial charge in [0.05, 0.1) is 0 Å². The first-order chi connectivity index (χ1) is 4.29. The molecule has 9 heavy (non-hydrogen) atoms. The van der Waals surface area contributed by atoms with Gasteiger partial charge in [-0.05, 0) is 19.3 Å². The van der Waals surface area contributed by atoms with Crippen LogP contribution in [0.2, 0.25) is 0 Å². The average Bonchev–Trinajstić information content (AvgIpc) is 2.63. The molecule has 0 atom stereocenters. The molecule has 1 saturated carbocycles. The highest BCUT2D eigenvalue weighted by Gasteiger charge is 2.46. The lowest BCUT2D eigenvalue weighted by Crippen LogP contribution is -1.98. The van der Waals surface area contributed by atoms with Crippen LogP contribution in [0.4, 0.5) is 0 Å². The van der Waals surface area contributed by atoms with Gasteiger partial charge in [-0.25, -0.2) is 0 Å². The molecule has 0 aromatic carbocycles. The van der Waals surface area contributed by atoms with Crippen molar-refractivity contribution >= 4 is 5.71 Å². The summed E-state index contributed by atoms with van der Waals surface area (Å²) in [6.07, 6.45) is 3.81. The zero-order valence-corrected chi connectivity index (χ0v) is 6.57. The molecule has 0 heterocycles. The van der Waals surface area contributed by atoms with Crippen LogP contribution in [-0.4, -0.2) is 12.8 Å². The van der Waals surface area contributed by atoms with Gasteiger partial charge in [0.25, 0.3) is 0 Å². The second kappa shape index (κ2) is 2.13. The molecule has 0 unspecified atom stereocenters. The summed E-state index contributed by atoms with van der Waals surface area (Å²) in [5, 5.41) is 0. The van der Waals surface area contributed by atoms with E-state index in [4.69, 9.17) is 0 Å². The van der Waals surface area contributed by atoms with E-state index in [9.17, 15) is 0 Å². The summed E-state index contributed by atoms with van der Waals surface area (Å²) in [6.45, 7) is 4.50. The molecule has 0 spiro atoms. The van der Waals surface area contributed by atoms with Crippen LogP contribution in [0.1, 0.15) is 33.1 Å². The Balaban J connectivity index is 2.57. The summed E-state index contributed by atoms with van der Waals surface area (Å²) in [7, 11) is 1.91. The van der Waals surface area contributed by atoms with Crippen LogP contribution in [0.15, 0.2) is 4.99 Å². The molecular weight excluding hydrogens is 110 g/mol. The lowest BCUT2D eigenvalue weighted by molar-refractivity contribution is 0.516. The summed E-state index contributed by atoms with van der Waals surface area (Å²) in [5.74, 6) is 0. The van der Waals surface area contributed by atoms with Crippen LogP contribution in [0, 0.1) is 5.41 Å². The molecule has 1 heteroatoms. The quantitative estimate of drug-likeness (QED) is 0.537. The van der Waals surface area contributed by atoms with E-state index >= 15 is 0 Å². The maximum atomic E-state index is 4.21. The zero-order valence-electron chi connectivity index (χ0n) is 6.57. The summed E-state index contributed by atoms with van der Waals surface area (Å²) < 4.78 is 0. The predicted octanol–water partition coefficient (Wildman–Crippen LogP) is 2.27. The fraction of sp³-hybridized carbons (Fsp3) is 0.875. The van der Waals surface area contributed by atoms with E-state index in [1.807, 2.05) is 7.05 Å². The monoisotopic (exact) mass is 125 g/mol.